The summed E-state index contributed by atoms with van der Waals surface area (Å²) in [4.78, 5) is 24.9. The maximum absolute atomic E-state index is 13.3. The van der Waals surface area contributed by atoms with E-state index >= 15 is 0 Å². The van der Waals surface area contributed by atoms with E-state index in [0.717, 1.165) is 6.42 Å². The van der Waals surface area contributed by atoms with Crippen LogP contribution in [-0.4, -0.2) is 58.0 Å². The minimum atomic E-state index is -3.93. The van der Waals surface area contributed by atoms with Crippen molar-refractivity contribution in [2.24, 2.45) is 0 Å². The lowest BCUT2D eigenvalue weighted by Gasteiger charge is -2.24. The van der Waals surface area contributed by atoms with Gasteiger partial charge in [0.15, 0.2) is 11.5 Å². The molecule has 0 bridgehead atoms. The number of amides is 1. The van der Waals surface area contributed by atoms with E-state index in [1.54, 1.807) is 24.3 Å². The molecule has 0 saturated carbocycles. The highest BCUT2D eigenvalue weighted by atomic mass is 32.2. The van der Waals surface area contributed by atoms with Gasteiger partial charge in [-0.15, -0.1) is 0 Å². The van der Waals surface area contributed by atoms with Crippen LogP contribution < -0.4 is 14.8 Å². The van der Waals surface area contributed by atoms with Crippen molar-refractivity contribution < 1.29 is 32.2 Å². The van der Waals surface area contributed by atoms with Gasteiger partial charge in [-0.05, 0) is 55.7 Å². The van der Waals surface area contributed by atoms with Crippen LogP contribution in [0.1, 0.15) is 36.5 Å². The van der Waals surface area contributed by atoms with E-state index in [1.165, 1.54) is 36.7 Å². The van der Waals surface area contributed by atoms with E-state index in [9.17, 15) is 18.0 Å². The Bertz CT molecular complexity index is 1100. The molecule has 10 heteroatoms. The molecule has 2 aromatic rings. The highest BCUT2D eigenvalue weighted by molar-refractivity contribution is 7.89. The molecule has 178 valence electrons. The van der Waals surface area contributed by atoms with Gasteiger partial charge in [-0.1, -0.05) is 6.92 Å². The third-order valence-electron chi connectivity index (χ3n) is 5.29. The smallest absolute Gasteiger partial charge is 0.338 e. The Hall–Kier alpha value is -3.11. The Kier molecular flexibility index (Phi) is 7.93. The maximum atomic E-state index is 13.3. The summed E-state index contributed by atoms with van der Waals surface area (Å²) in [6.45, 7) is 2.48. The third-order valence-corrected chi connectivity index (χ3v) is 7.20. The first-order valence-corrected chi connectivity index (χ1v) is 12.1. The number of ether oxygens (including phenoxy) is 3. The summed E-state index contributed by atoms with van der Waals surface area (Å²) in [7, 11) is -1.04. The lowest BCUT2D eigenvalue weighted by molar-refractivity contribution is -0.119. The molecule has 1 saturated heterocycles. The van der Waals surface area contributed by atoms with Crippen molar-refractivity contribution in [1.29, 1.82) is 0 Å². The summed E-state index contributed by atoms with van der Waals surface area (Å²) in [5.74, 6) is -0.166. The number of anilines is 1. The lowest BCUT2D eigenvalue weighted by Crippen LogP contribution is -2.43. The monoisotopic (exact) mass is 476 g/mol. The molecule has 2 aromatic carbocycles. The topological polar surface area (TPSA) is 111 Å². The molecule has 1 aliphatic rings. The summed E-state index contributed by atoms with van der Waals surface area (Å²) < 4.78 is 43.2. The number of esters is 1. The van der Waals surface area contributed by atoms with Crippen LogP contribution in [0.2, 0.25) is 0 Å². The number of nitrogens with zero attached hydrogens (tertiary/aromatic N) is 1. The molecule has 1 heterocycles. The number of benzene rings is 2. The minimum absolute atomic E-state index is 0.0230. The zero-order valence-electron chi connectivity index (χ0n) is 18.9. The first-order valence-electron chi connectivity index (χ1n) is 10.6. The van der Waals surface area contributed by atoms with E-state index in [-0.39, 0.29) is 17.2 Å². The van der Waals surface area contributed by atoms with Crippen molar-refractivity contribution in [2.75, 3.05) is 32.7 Å². The minimum Gasteiger partial charge on any atom is -0.493 e. The summed E-state index contributed by atoms with van der Waals surface area (Å²) in [5, 5.41) is 2.75. The molecule has 1 aliphatic heterocycles. The molecule has 0 aliphatic carbocycles. The molecule has 0 aromatic heterocycles. The van der Waals surface area contributed by atoms with Crippen LogP contribution in [-0.2, 0) is 19.6 Å². The Balaban J connectivity index is 1.74. The number of carbonyl (C=O) groups is 2. The van der Waals surface area contributed by atoms with Crippen LogP contribution in [0, 0.1) is 0 Å². The number of methoxy groups -OCH3 is 2. The van der Waals surface area contributed by atoms with E-state index < -0.39 is 27.9 Å². The second-order valence-electron chi connectivity index (χ2n) is 7.49. The van der Waals surface area contributed by atoms with Gasteiger partial charge in [-0.3, -0.25) is 4.79 Å². The van der Waals surface area contributed by atoms with Crippen LogP contribution in [0.3, 0.4) is 0 Å². The number of hydrogen-bond acceptors (Lipinski definition) is 7. The third kappa shape index (κ3) is 5.45. The largest absolute Gasteiger partial charge is 0.493 e. The first-order chi connectivity index (χ1) is 15.8. The quantitative estimate of drug-likeness (QED) is 0.554. The fourth-order valence-corrected chi connectivity index (χ4v) is 5.27. The fraction of sp³-hybridized carbons (Fsp3) is 0.391. The molecule has 1 fully saturated rings. The van der Waals surface area contributed by atoms with Crippen molar-refractivity contribution in [2.45, 2.75) is 37.1 Å². The van der Waals surface area contributed by atoms with Crippen molar-refractivity contribution in [1.82, 2.24) is 4.31 Å². The van der Waals surface area contributed by atoms with Gasteiger partial charge in [0.1, 0.15) is 6.04 Å². The predicted molar refractivity (Wildman–Crippen MR) is 122 cm³/mol. The molecule has 3 rings (SSSR count). The van der Waals surface area contributed by atoms with Crippen molar-refractivity contribution in [3.05, 3.63) is 48.0 Å². The van der Waals surface area contributed by atoms with Crippen LogP contribution in [0.25, 0.3) is 0 Å². The Morgan fingerprint density at radius 3 is 2.39 bits per heavy atom. The van der Waals surface area contributed by atoms with Gasteiger partial charge < -0.3 is 19.5 Å². The van der Waals surface area contributed by atoms with Crippen LogP contribution in [0.4, 0.5) is 5.69 Å². The van der Waals surface area contributed by atoms with Gasteiger partial charge >= 0.3 is 5.97 Å². The van der Waals surface area contributed by atoms with Gasteiger partial charge in [0.2, 0.25) is 15.9 Å². The van der Waals surface area contributed by atoms with Gasteiger partial charge in [-0.25, -0.2) is 13.2 Å². The summed E-state index contributed by atoms with van der Waals surface area (Å²) in [6, 6.07) is 9.77. The number of hydrogen-bond donors (Lipinski definition) is 1. The molecule has 1 atom stereocenters. The van der Waals surface area contributed by atoms with Gasteiger partial charge in [-0.2, -0.15) is 4.31 Å². The van der Waals surface area contributed by atoms with Crippen molar-refractivity contribution in [3.63, 3.8) is 0 Å². The predicted octanol–water partition coefficient (Wildman–Crippen LogP) is 3.06. The number of nitrogens with one attached hydrogen (secondary N) is 1. The molecule has 0 spiro atoms. The second-order valence-corrected chi connectivity index (χ2v) is 9.38. The zero-order chi connectivity index (χ0) is 24.0. The molecular weight excluding hydrogens is 448 g/mol. The summed E-state index contributed by atoms with van der Waals surface area (Å²) in [5.41, 5.74) is 0.836. The van der Waals surface area contributed by atoms with E-state index in [1.807, 2.05) is 6.92 Å². The maximum Gasteiger partial charge on any atom is 0.338 e. The Labute approximate surface area is 193 Å². The average molecular weight is 477 g/mol. The van der Waals surface area contributed by atoms with Crippen LogP contribution in [0.5, 0.6) is 11.5 Å². The van der Waals surface area contributed by atoms with E-state index in [4.69, 9.17) is 14.2 Å². The van der Waals surface area contributed by atoms with Crippen LogP contribution >= 0.6 is 0 Å². The zero-order valence-corrected chi connectivity index (χ0v) is 19.7. The van der Waals surface area contributed by atoms with E-state index in [2.05, 4.69) is 5.32 Å². The second kappa shape index (κ2) is 10.7. The number of sulfonamides is 1. The lowest BCUT2D eigenvalue weighted by atomic mass is 10.2. The molecule has 1 amide bonds. The molecule has 1 N–H and O–H groups in total. The molecular formula is C23H28N2O7S. The Morgan fingerprint density at radius 2 is 1.76 bits per heavy atom. The van der Waals surface area contributed by atoms with Gasteiger partial charge in [0.25, 0.3) is 0 Å². The van der Waals surface area contributed by atoms with Gasteiger partial charge in [0.05, 0.1) is 31.3 Å². The number of carbonyl (C=O) groups excluding carboxylic acids is 2. The average Bonchev–Trinajstić information content (AvgIpc) is 3.33. The molecule has 1 unspecified atom stereocenters. The number of rotatable bonds is 9. The highest BCUT2D eigenvalue weighted by Gasteiger charge is 2.39. The first kappa shape index (κ1) is 24.5. The van der Waals surface area contributed by atoms with Crippen LogP contribution in [0.15, 0.2) is 47.4 Å². The normalized spacial score (nSPS) is 16.3. The van der Waals surface area contributed by atoms with Crippen molar-refractivity contribution in [3.8, 4) is 11.5 Å². The Morgan fingerprint density at radius 1 is 1.06 bits per heavy atom. The fourth-order valence-electron chi connectivity index (χ4n) is 3.60. The standard InChI is InChI=1S/C23H28N2O7S/c1-4-14-32-23(27)16-7-9-17(10-8-16)24-22(26)19-6-5-13-25(19)33(28,29)18-11-12-20(30-2)21(15-18)31-3/h7-12,15,19H,4-6,13-14H2,1-3H3,(H,24,26). The van der Waals surface area contributed by atoms with E-state index in [0.29, 0.717) is 36.4 Å². The summed E-state index contributed by atoms with van der Waals surface area (Å²) >= 11 is 0. The van der Waals surface area contributed by atoms with Gasteiger partial charge in [0, 0.05) is 18.3 Å². The molecule has 33 heavy (non-hydrogen) atoms. The molecule has 0 radical (unpaired) electrons. The molecule has 9 nitrogen and oxygen atoms in total. The SMILES string of the molecule is CCCOC(=O)c1ccc(NC(=O)C2CCCN2S(=O)(=O)c2ccc(OC)c(OC)c2)cc1. The summed E-state index contributed by atoms with van der Waals surface area (Å²) in [6.07, 6.45) is 1.69. The van der Waals surface area contributed by atoms with Crippen molar-refractivity contribution >= 4 is 27.6 Å². The highest BCUT2D eigenvalue weighted by Crippen LogP contribution is 2.33.